The van der Waals surface area contributed by atoms with Crippen molar-refractivity contribution in [1.29, 1.82) is 5.41 Å². The second-order valence-electron chi connectivity index (χ2n) is 9.99. The van der Waals surface area contributed by atoms with Crippen molar-refractivity contribution >= 4 is 39.3 Å². The van der Waals surface area contributed by atoms with Crippen LogP contribution in [0.2, 0.25) is 0 Å². The molecule has 0 aliphatic heterocycles. The Kier molecular flexibility index (Phi) is 11.4. The highest BCUT2D eigenvalue weighted by Crippen LogP contribution is 2.22. The Hall–Kier alpha value is -4.75. The minimum atomic E-state index is -3.80. The van der Waals surface area contributed by atoms with Gasteiger partial charge >= 0.3 is 0 Å². The maximum Gasteiger partial charge on any atom is 0.242 e. The number of sulfonamides is 1. The number of hydrogen-bond donors (Lipinski definition) is 7. The summed E-state index contributed by atoms with van der Waals surface area (Å²) in [5.41, 5.74) is 21.0. The number of carbonyl (C=O) groups excluding carboxylic acids is 3. The topological polar surface area (TPSA) is 223 Å². The third-order valence-electron chi connectivity index (χ3n) is 6.68. The van der Waals surface area contributed by atoms with Gasteiger partial charge in [-0.05, 0) is 54.2 Å². The van der Waals surface area contributed by atoms with E-state index in [1.165, 1.54) is 6.92 Å². The molecule has 0 aliphatic rings. The zero-order valence-electron chi connectivity index (χ0n) is 23.8. The van der Waals surface area contributed by atoms with Crippen LogP contribution in [0.3, 0.4) is 0 Å². The number of nitrogens with one attached hydrogen (secondary N) is 4. The van der Waals surface area contributed by atoms with Crippen molar-refractivity contribution in [2.45, 2.75) is 44.8 Å². The highest BCUT2D eigenvalue weighted by molar-refractivity contribution is 7.89. The second-order valence-corrected chi connectivity index (χ2v) is 12.0. The quantitative estimate of drug-likeness (QED) is 0.0757. The molecule has 3 amide bonds. The first-order valence-electron chi connectivity index (χ1n) is 13.6. The van der Waals surface area contributed by atoms with Crippen LogP contribution in [0.25, 0.3) is 11.1 Å². The van der Waals surface area contributed by atoms with Gasteiger partial charge in [-0.15, -0.1) is 0 Å². The molecule has 0 saturated carbocycles. The number of hydrogen-bond acceptors (Lipinski definition) is 7. The third-order valence-corrected chi connectivity index (χ3v) is 8.08. The molecule has 12 nitrogen and oxygen atoms in total. The third kappa shape index (κ3) is 10.2. The molecule has 0 bridgehead atoms. The number of amides is 3. The molecule has 0 heterocycles. The van der Waals surface area contributed by atoms with E-state index >= 15 is 0 Å². The molecule has 3 rings (SSSR count). The molecule has 0 aromatic heterocycles. The first-order chi connectivity index (χ1) is 20.4. The maximum atomic E-state index is 13.4. The largest absolute Gasteiger partial charge is 0.399 e. The molecule has 0 saturated heterocycles. The van der Waals surface area contributed by atoms with Crippen LogP contribution in [0.15, 0.2) is 72.8 Å². The summed E-state index contributed by atoms with van der Waals surface area (Å²) in [4.78, 5) is 38.0. The van der Waals surface area contributed by atoms with Crippen molar-refractivity contribution in [3.8, 4) is 11.1 Å². The number of amidine groups is 1. The van der Waals surface area contributed by atoms with E-state index < -0.39 is 39.8 Å². The van der Waals surface area contributed by atoms with Gasteiger partial charge in [0.2, 0.25) is 27.7 Å². The molecule has 10 N–H and O–H groups in total. The van der Waals surface area contributed by atoms with E-state index in [1.54, 1.807) is 42.5 Å². The highest BCUT2D eigenvalue weighted by Gasteiger charge is 2.28. The Morgan fingerprint density at radius 2 is 1.51 bits per heavy atom. The van der Waals surface area contributed by atoms with Crippen LogP contribution in [0.5, 0.6) is 0 Å². The summed E-state index contributed by atoms with van der Waals surface area (Å²) < 4.78 is 27.4. The summed E-state index contributed by atoms with van der Waals surface area (Å²) in [6.07, 6.45) is -0.254. The summed E-state index contributed by atoms with van der Waals surface area (Å²) >= 11 is 0. The van der Waals surface area contributed by atoms with Crippen molar-refractivity contribution in [2.75, 3.05) is 11.5 Å². The van der Waals surface area contributed by atoms with Crippen LogP contribution in [0.1, 0.15) is 36.5 Å². The fraction of sp³-hybridized carbons (Fsp3) is 0.267. The Labute approximate surface area is 251 Å². The molecular weight excluding hydrogens is 570 g/mol. The lowest BCUT2D eigenvalue weighted by atomic mass is 10.00. The number of benzene rings is 3. The molecule has 43 heavy (non-hydrogen) atoms. The van der Waals surface area contributed by atoms with E-state index in [0.717, 1.165) is 11.1 Å². The first kappa shape index (κ1) is 32.8. The predicted octanol–water partition coefficient (Wildman–Crippen LogP) is 1.14. The van der Waals surface area contributed by atoms with Crippen molar-refractivity contribution in [3.63, 3.8) is 0 Å². The predicted molar refractivity (Wildman–Crippen MR) is 166 cm³/mol. The van der Waals surface area contributed by atoms with Gasteiger partial charge in [0.05, 0.1) is 5.75 Å². The van der Waals surface area contributed by atoms with E-state index in [4.69, 9.17) is 22.6 Å². The van der Waals surface area contributed by atoms with Gasteiger partial charge in [-0.2, -0.15) is 0 Å². The maximum absolute atomic E-state index is 13.4. The number of rotatable bonds is 15. The van der Waals surface area contributed by atoms with Gasteiger partial charge in [-0.25, -0.2) is 13.1 Å². The Morgan fingerprint density at radius 3 is 2.09 bits per heavy atom. The van der Waals surface area contributed by atoms with Gasteiger partial charge in [0.15, 0.2) is 0 Å². The van der Waals surface area contributed by atoms with E-state index in [9.17, 15) is 22.8 Å². The average Bonchev–Trinajstić information content (AvgIpc) is 2.98. The van der Waals surface area contributed by atoms with Gasteiger partial charge in [-0.3, -0.25) is 19.8 Å². The van der Waals surface area contributed by atoms with Crippen molar-refractivity contribution in [3.05, 3.63) is 89.5 Å². The van der Waals surface area contributed by atoms with E-state index in [2.05, 4.69) is 15.4 Å². The number of nitrogens with two attached hydrogens (primary N) is 3. The molecular formula is C30H37N7O5S. The van der Waals surface area contributed by atoms with Gasteiger partial charge in [0.25, 0.3) is 0 Å². The van der Waals surface area contributed by atoms with Gasteiger partial charge < -0.3 is 27.8 Å². The first-order valence-corrected chi connectivity index (χ1v) is 15.3. The minimum Gasteiger partial charge on any atom is -0.399 e. The average molecular weight is 608 g/mol. The smallest absolute Gasteiger partial charge is 0.242 e. The van der Waals surface area contributed by atoms with Gasteiger partial charge in [-0.1, -0.05) is 60.7 Å². The fourth-order valence-electron chi connectivity index (χ4n) is 4.22. The zero-order valence-corrected chi connectivity index (χ0v) is 24.6. The summed E-state index contributed by atoms with van der Waals surface area (Å²) in [7, 11) is -3.80. The van der Waals surface area contributed by atoms with Crippen molar-refractivity contribution < 1.29 is 22.8 Å². The zero-order chi connectivity index (χ0) is 31.6. The summed E-state index contributed by atoms with van der Waals surface area (Å²) in [6.45, 7) is 1.55. The monoisotopic (exact) mass is 607 g/mol. The number of primary amides is 1. The lowest BCUT2D eigenvalue weighted by Gasteiger charge is -2.23. The Bertz CT molecular complexity index is 1560. The molecule has 2 unspecified atom stereocenters. The molecule has 0 spiro atoms. The summed E-state index contributed by atoms with van der Waals surface area (Å²) in [5.74, 6) is -2.30. The molecule has 3 aromatic carbocycles. The van der Waals surface area contributed by atoms with Crippen LogP contribution in [-0.2, 0) is 37.4 Å². The lowest BCUT2D eigenvalue weighted by molar-refractivity contribution is -0.130. The fourth-order valence-corrected chi connectivity index (χ4v) is 5.01. The molecule has 0 aliphatic carbocycles. The van der Waals surface area contributed by atoms with Crippen LogP contribution >= 0.6 is 0 Å². The Balaban J connectivity index is 1.76. The Morgan fingerprint density at radius 1 is 0.860 bits per heavy atom. The van der Waals surface area contributed by atoms with Crippen LogP contribution in [0.4, 0.5) is 5.69 Å². The molecule has 3 aromatic rings. The number of carbonyl (C=O) groups is 3. The molecule has 0 fully saturated rings. The van der Waals surface area contributed by atoms with Gasteiger partial charge in [0, 0.05) is 24.2 Å². The van der Waals surface area contributed by atoms with Gasteiger partial charge in [0.1, 0.15) is 17.9 Å². The van der Waals surface area contributed by atoms with Crippen LogP contribution in [0, 0.1) is 5.41 Å². The molecule has 13 heteroatoms. The lowest BCUT2D eigenvalue weighted by Crippen LogP contribution is -2.54. The minimum absolute atomic E-state index is 0.00886. The summed E-state index contributed by atoms with van der Waals surface area (Å²) in [5, 5.41) is 12.8. The standard InChI is InChI=1S/C30H37N7O5S/c1-2-43(41,42)37-26(16-19-6-10-21(11-7-19)23-4-3-5-24(31)17-23)30(40)36-25(14-15-27(32)38)29(39)35-18-20-8-12-22(13-9-20)28(33)34/h3-13,17,25-26,37H,2,14-16,18,31H2,1H3,(H2,32,38)(H3,33,34)(H,35,39)(H,36,40). The molecule has 2 atom stereocenters. The molecule has 228 valence electrons. The van der Waals surface area contributed by atoms with E-state index in [1.807, 2.05) is 30.3 Å². The summed E-state index contributed by atoms with van der Waals surface area (Å²) in [6, 6.07) is 18.9. The normalized spacial score (nSPS) is 12.6. The van der Waals surface area contributed by atoms with Crippen molar-refractivity contribution in [2.24, 2.45) is 11.5 Å². The second kappa shape index (κ2) is 14.9. The van der Waals surface area contributed by atoms with Crippen LogP contribution < -0.4 is 32.6 Å². The van der Waals surface area contributed by atoms with Crippen molar-refractivity contribution in [1.82, 2.24) is 15.4 Å². The number of anilines is 1. The highest BCUT2D eigenvalue weighted by atomic mass is 32.2. The SMILES string of the molecule is CCS(=O)(=O)NC(Cc1ccc(-c2cccc(N)c2)cc1)C(=O)NC(CCC(N)=O)C(=O)NCc1ccc(C(=N)N)cc1. The van der Waals surface area contributed by atoms with Crippen LogP contribution in [-0.4, -0.2) is 49.8 Å². The number of nitrogen functional groups attached to an aromatic ring is 2. The molecule has 0 radical (unpaired) electrons. The van der Waals surface area contributed by atoms with E-state index in [0.29, 0.717) is 22.4 Å². The van der Waals surface area contributed by atoms with E-state index in [-0.39, 0.29) is 37.4 Å².